The van der Waals surface area contributed by atoms with Crippen molar-refractivity contribution in [2.45, 2.75) is 219 Å². The molecule has 0 rings (SSSR count). The van der Waals surface area contributed by atoms with Crippen LogP contribution in [0.1, 0.15) is 206 Å². The highest BCUT2D eigenvalue weighted by Gasteiger charge is 2.17. The molecule has 0 bridgehead atoms. The highest BCUT2D eigenvalue weighted by Crippen LogP contribution is 2.15. The van der Waals surface area contributed by atoms with E-state index in [1.165, 1.54) is 128 Å². The van der Waals surface area contributed by atoms with Gasteiger partial charge >= 0.3 is 0 Å². The second kappa shape index (κ2) is 43.2. The first-order valence-electron chi connectivity index (χ1n) is 22.2. The first-order valence-corrected chi connectivity index (χ1v) is 22.2. The number of allylic oxidation sites excluding steroid dienone is 11. The summed E-state index contributed by atoms with van der Waals surface area (Å²) in [6.45, 7) is 4.09. The van der Waals surface area contributed by atoms with Crippen LogP contribution in [0.25, 0.3) is 0 Å². The van der Waals surface area contributed by atoms with Crippen molar-refractivity contribution in [2.24, 2.45) is 0 Å². The Kier molecular flexibility index (Phi) is 41.4. The SMILES string of the molecule is CC/C=C\C/C=C\C/C=C\C/C=C\C/C=C\CCCCCCCCCCCCCCCCCCCCCC(=O)NC(CO)C(O)/C=C/CCCCC. The molecule has 0 aromatic heterocycles. The Morgan fingerprint density at radius 1 is 0.481 bits per heavy atom. The van der Waals surface area contributed by atoms with E-state index in [-0.39, 0.29) is 12.5 Å². The van der Waals surface area contributed by atoms with E-state index < -0.39 is 12.1 Å². The van der Waals surface area contributed by atoms with E-state index in [0.29, 0.717) is 6.42 Å². The van der Waals surface area contributed by atoms with E-state index in [0.717, 1.165) is 57.8 Å². The molecule has 300 valence electrons. The zero-order valence-corrected chi connectivity index (χ0v) is 34.3. The molecule has 0 aromatic rings. The molecule has 0 aliphatic carbocycles. The van der Waals surface area contributed by atoms with Gasteiger partial charge in [0.1, 0.15) is 0 Å². The third-order valence-corrected chi connectivity index (χ3v) is 9.70. The number of carbonyl (C=O) groups excluding carboxylic acids is 1. The van der Waals surface area contributed by atoms with Gasteiger partial charge in [0.25, 0.3) is 0 Å². The van der Waals surface area contributed by atoms with Gasteiger partial charge in [-0.05, 0) is 64.2 Å². The molecule has 2 unspecified atom stereocenters. The topological polar surface area (TPSA) is 69.6 Å². The average molecular weight is 724 g/mol. The molecule has 0 heterocycles. The molecule has 0 radical (unpaired) electrons. The molecule has 4 heteroatoms. The quantitative estimate of drug-likeness (QED) is 0.0437. The molecule has 2 atom stereocenters. The lowest BCUT2D eigenvalue weighted by molar-refractivity contribution is -0.123. The minimum absolute atomic E-state index is 0.0723. The Bertz CT molecular complexity index is 915. The van der Waals surface area contributed by atoms with Gasteiger partial charge in [0.05, 0.1) is 18.8 Å². The van der Waals surface area contributed by atoms with Crippen LogP contribution in [0.15, 0.2) is 72.9 Å². The first kappa shape index (κ1) is 49.8. The van der Waals surface area contributed by atoms with Crippen molar-refractivity contribution in [1.29, 1.82) is 0 Å². The fraction of sp³-hybridized carbons (Fsp3) is 0.729. The van der Waals surface area contributed by atoms with Crippen LogP contribution in [0.2, 0.25) is 0 Å². The lowest BCUT2D eigenvalue weighted by atomic mass is 10.0. The van der Waals surface area contributed by atoms with Crippen molar-refractivity contribution in [1.82, 2.24) is 5.32 Å². The van der Waals surface area contributed by atoms with Crippen LogP contribution in [0.3, 0.4) is 0 Å². The van der Waals surface area contributed by atoms with Gasteiger partial charge in [-0.25, -0.2) is 0 Å². The number of hydrogen-bond donors (Lipinski definition) is 3. The summed E-state index contributed by atoms with van der Waals surface area (Å²) in [6.07, 6.45) is 62.1. The predicted octanol–water partition coefficient (Wildman–Crippen LogP) is 13.9. The summed E-state index contributed by atoms with van der Waals surface area (Å²) >= 11 is 0. The van der Waals surface area contributed by atoms with E-state index >= 15 is 0 Å². The van der Waals surface area contributed by atoms with Crippen molar-refractivity contribution in [2.75, 3.05) is 6.61 Å². The van der Waals surface area contributed by atoms with Crippen molar-refractivity contribution in [3.05, 3.63) is 72.9 Å². The number of carbonyl (C=O) groups is 1. The average Bonchev–Trinajstić information content (AvgIpc) is 3.15. The highest BCUT2D eigenvalue weighted by atomic mass is 16.3. The maximum atomic E-state index is 12.2. The monoisotopic (exact) mass is 724 g/mol. The summed E-state index contributed by atoms with van der Waals surface area (Å²) in [7, 11) is 0. The molecule has 52 heavy (non-hydrogen) atoms. The van der Waals surface area contributed by atoms with Gasteiger partial charge in [0.2, 0.25) is 5.91 Å². The van der Waals surface area contributed by atoms with E-state index in [2.05, 4.69) is 79.9 Å². The Morgan fingerprint density at radius 2 is 0.846 bits per heavy atom. The molecule has 0 saturated heterocycles. The molecule has 3 N–H and O–H groups in total. The van der Waals surface area contributed by atoms with Crippen LogP contribution >= 0.6 is 0 Å². The lowest BCUT2D eigenvalue weighted by Crippen LogP contribution is -2.45. The number of amides is 1. The van der Waals surface area contributed by atoms with Gasteiger partial charge in [-0.3, -0.25) is 4.79 Å². The third-order valence-electron chi connectivity index (χ3n) is 9.70. The van der Waals surface area contributed by atoms with Gasteiger partial charge in [-0.15, -0.1) is 0 Å². The fourth-order valence-corrected chi connectivity index (χ4v) is 6.32. The Balaban J connectivity index is 3.40. The minimum Gasteiger partial charge on any atom is -0.394 e. The maximum absolute atomic E-state index is 12.2. The number of aliphatic hydroxyl groups excluding tert-OH is 2. The standard InChI is InChI=1S/C48H85NO3/c1-3-5-7-9-10-11-12-13-14-15-16-17-18-19-20-21-22-23-24-25-26-27-28-29-30-31-32-33-34-35-36-37-38-40-42-44-48(52)49-46(45-50)47(51)43-41-39-8-6-4-2/h5,7,10-11,13-14,16-17,19-20,41,43,46-47,50-51H,3-4,6,8-9,12,15,18,21-40,42,44-45H2,1-2H3,(H,49,52)/b7-5-,11-10-,14-13-,17-16-,20-19-,43-41+. The number of nitrogens with one attached hydrogen (secondary N) is 1. The molecular formula is C48H85NO3. The van der Waals surface area contributed by atoms with Crippen molar-refractivity contribution >= 4 is 5.91 Å². The molecule has 0 aliphatic heterocycles. The van der Waals surface area contributed by atoms with Crippen LogP contribution in [-0.4, -0.2) is 34.9 Å². The van der Waals surface area contributed by atoms with Gasteiger partial charge < -0.3 is 15.5 Å². The van der Waals surface area contributed by atoms with Gasteiger partial charge in [-0.1, -0.05) is 209 Å². The van der Waals surface area contributed by atoms with Crippen LogP contribution in [0.4, 0.5) is 0 Å². The van der Waals surface area contributed by atoms with Crippen molar-refractivity contribution < 1.29 is 15.0 Å². The minimum atomic E-state index is -0.835. The van der Waals surface area contributed by atoms with E-state index in [1.54, 1.807) is 6.08 Å². The normalized spacial score (nSPS) is 13.7. The molecule has 0 aliphatic rings. The molecule has 0 fully saturated rings. The second-order valence-electron chi connectivity index (χ2n) is 14.7. The van der Waals surface area contributed by atoms with Gasteiger partial charge in [0.15, 0.2) is 0 Å². The van der Waals surface area contributed by atoms with Crippen LogP contribution in [-0.2, 0) is 4.79 Å². The van der Waals surface area contributed by atoms with E-state index in [1.807, 2.05) is 6.08 Å². The summed E-state index contributed by atoms with van der Waals surface area (Å²) < 4.78 is 0. The second-order valence-corrected chi connectivity index (χ2v) is 14.7. The van der Waals surface area contributed by atoms with Crippen LogP contribution < -0.4 is 5.32 Å². The highest BCUT2D eigenvalue weighted by molar-refractivity contribution is 5.76. The number of aliphatic hydroxyl groups is 2. The third kappa shape index (κ3) is 39.0. The smallest absolute Gasteiger partial charge is 0.220 e. The van der Waals surface area contributed by atoms with E-state index in [4.69, 9.17) is 0 Å². The fourth-order valence-electron chi connectivity index (χ4n) is 6.32. The summed E-state index contributed by atoms with van der Waals surface area (Å²) in [4.78, 5) is 12.2. The summed E-state index contributed by atoms with van der Waals surface area (Å²) in [5, 5.41) is 22.6. The summed E-state index contributed by atoms with van der Waals surface area (Å²) in [5.74, 6) is -0.0723. The summed E-state index contributed by atoms with van der Waals surface area (Å²) in [6, 6.07) is -0.618. The van der Waals surface area contributed by atoms with Gasteiger partial charge in [-0.2, -0.15) is 0 Å². The number of unbranched alkanes of at least 4 members (excludes halogenated alkanes) is 22. The van der Waals surface area contributed by atoms with Crippen molar-refractivity contribution in [3.8, 4) is 0 Å². The first-order chi connectivity index (χ1) is 25.7. The maximum Gasteiger partial charge on any atom is 0.220 e. The predicted molar refractivity (Wildman–Crippen MR) is 230 cm³/mol. The summed E-state index contributed by atoms with van der Waals surface area (Å²) in [5.41, 5.74) is 0. The number of hydrogen-bond acceptors (Lipinski definition) is 3. The number of rotatable bonds is 39. The molecule has 4 nitrogen and oxygen atoms in total. The molecule has 0 spiro atoms. The lowest BCUT2D eigenvalue weighted by Gasteiger charge is -2.20. The zero-order valence-electron chi connectivity index (χ0n) is 34.3. The van der Waals surface area contributed by atoms with Crippen LogP contribution in [0, 0.1) is 0 Å². The molecule has 1 amide bonds. The van der Waals surface area contributed by atoms with Crippen LogP contribution in [0.5, 0.6) is 0 Å². The molecular weight excluding hydrogens is 639 g/mol. The molecule has 0 saturated carbocycles. The van der Waals surface area contributed by atoms with E-state index in [9.17, 15) is 15.0 Å². The molecule has 0 aromatic carbocycles. The van der Waals surface area contributed by atoms with Crippen molar-refractivity contribution in [3.63, 3.8) is 0 Å². The van der Waals surface area contributed by atoms with Gasteiger partial charge in [0, 0.05) is 6.42 Å². The largest absolute Gasteiger partial charge is 0.394 e. The Labute approximate surface area is 323 Å². The Morgan fingerprint density at radius 3 is 1.27 bits per heavy atom. The zero-order chi connectivity index (χ0) is 37.8. The Hall–Kier alpha value is -2.17.